The summed E-state index contributed by atoms with van der Waals surface area (Å²) in [4.78, 5) is 24.5. The lowest BCUT2D eigenvalue weighted by atomic mass is 9.93. The first kappa shape index (κ1) is 16.1. The summed E-state index contributed by atoms with van der Waals surface area (Å²) >= 11 is 0. The summed E-state index contributed by atoms with van der Waals surface area (Å²) in [5, 5.41) is 0. The summed E-state index contributed by atoms with van der Waals surface area (Å²) in [6.07, 6.45) is 4.29. The van der Waals surface area contributed by atoms with E-state index in [4.69, 9.17) is 5.73 Å². The van der Waals surface area contributed by atoms with E-state index in [1.807, 2.05) is 0 Å². The zero-order chi connectivity index (χ0) is 16.1. The van der Waals surface area contributed by atoms with Gasteiger partial charge in [0.25, 0.3) is 0 Å². The van der Waals surface area contributed by atoms with E-state index in [-0.39, 0.29) is 23.3 Å². The van der Waals surface area contributed by atoms with E-state index in [9.17, 15) is 18.4 Å². The molecule has 22 heavy (non-hydrogen) atoms. The zero-order valence-corrected chi connectivity index (χ0v) is 12.1. The number of hydrogen-bond acceptors (Lipinski definition) is 2. The molecule has 0 aromatic heterocycles. The normalized spacial score (nSPS) is 16.2. The number of piperidine rings is 1. The molecule has 4 nitrogen and oxygen atoms in total. The average Bonchev–Trinajstić information content (AvgIpc) is 2.48. The third kappa shape index (κ3) is 4.38. The van der Waals surface area contributed by atoms with Crippen molar-refractivity contribution < 1.29 is 18.4 Å². The summed E-state index contributed by atoms with van der Waals surface area (Å²) in [5.41, 5.74) is 5.20. The quantitative estimate of drug-likeness (QED) is 0.866. The maximum Gasteiger partial charge on any atom is 0.246 e. The molecular weight excluding hydrogens is 290 g/mol. The van der Waals surface area contributed by atoms with Crippen molar-refractivity contribution in [3.05, 3.63) is 41.5 Å². The van der Waals surface area contributed by atoms with Gasteiger partial charge in [-0.15, -0.1) is 0 Å². The Bertz CT molecular complexity index is 594. The van der Waals surface area contributed by atoms with Crippen molar-refractivity contribution in [3.63, 3.8) is 0 Å². The first-order valence-electron chi connectivity index (χ1n) is 7.16. The van der Waals surface area contributed by atoms with Crippen molar-refractivity contribution in [2.45, 2.75) is 19.3 Å². The molecule has 0 radical (unpaired) electrons. The number of likely N-dealkylation sites (tertiary alicyclic amines) is 1. The van der Waals surface area contributed by atoms with Gasteiger partial charge >= 0.3 is 0 Å². The van der Waals surface area contributed by atoms with Crippen LogP contribution < -0.4 is 5.73 Å². The molecule has 1 aliphatic heterocycles. The number of hydrogen-bond donors (Lipinski definition) is 1. The maximum absolute atomic E-state index is 13.4. The Kier molecular flexibility index (Phi) is 5.25. The number of halogens is 2. The van der Waals surface area contributed by atoms with Crippen LogP contribution in [0.3, 0.4) is 0 Å². The summed E-state index contributed by atoms with van der Waals surface area (Å²) < 4.78 is 26.5. The number of rotatable bonds is 4. The highest BCUT2D eigenvalue weighted by atomic mass is 19.1. The van der Waals surface area contributed by atoms with Crippen LogP contribution in [-0.2, 0) is 9.59 Å². The molecule has 0 spiro atoms. The molecular formula is C16H18F2N2O2. The fourth-order valence-corrected chi connectivity index (χ4v) is 2.55. The van der Waals surface area contributed by atoms with Crippen LogP contribution in [0.15, 0.2) is 24.3 Å². The number of primary amides is 1. The Hall–Kier alpha value is -2.24. The molecule has 0 bridgehead atoms. The molecule has 6 heteroatoms. The SMILES string of the molecule is NC(=O)CC1CCN(C(=O)/C=C/c2cc(F)ccc2F)CC1. The number of carbonyl (C=O) groups is 2. The van der Waals surface area contributed by atoms with Gasteiger partial charge in [0.05, 0.1) is 0 Å². The van der Waals surface area contributed by atoms with Crippen molar-refractivity contribution in [2.24, 2.45) is 11.7 Å². The Morgan fingerprint density at radius 3 is 2.59 bits per heavy atom. The van der Waals surface area contributed by atoms with E-state index in [1.54, 1.807) is 4.90 Å². The van der Waals surface area contributed by atoms with Gasteiger partial charge in [0.2, 0.25) is 11.8 Å². The largest absolute Gasteiger partial charge is 0.370 e. The average molecular weight is 308 g/mol. The molecule has 0 aliphatic carbocycles. The van der Waals surface area contributed by atoms with Crippen LogP contribution in [-0.4, -0.2) is 29.8 Å². The molecule has 2 rings (SSSR count). The molecule has 1 aromatic carbocycles. The van der Waals surface area contributed by atoms with Gasteiger partial charge in [0.15, 0.2) is 0 Å². The Morgan fingerprint density at radius 2 is 1.95 bits per heavy atom. The Balaban J connectivity index is 1.92. The first-order chi connectivity index (χ1) is 10.5. The van der Waals surface area contributed by atoms with Gasteiger partial charge in [-0.25, -0.2) is 8.78 Å². The van der Waals surface area contributed by atoms with Crippen LogP contribution in [0.5, 0.6) is 0 Å². The summed E-state index contributed by atoms with van der Waals surface area (Å²) in [7, 11) is 0. The van der Waals surface area contributed by atoms with Crippen LogP contribution in [0.2, 0.25) is 0 Å². The van der Waals surface area contributed by atoms with Crippen molar-refractivity contribution in [3.8, 4) is 0 Å². The van der Waals surface area contributed by atoms with Gasteiger partial charge in [0.1, 0.15) is 11.6 Å². The lowest BCUT2D eigenvalue weighted by Gasteiger charge is -2.30. The van der Waals surface area contributed by atoms with Crippen molar-refractivity contribution >= 4 is 17.9 Å². The molecule has 0 atom stereocenters. The smallest absolute Gasteiger partial charge is 0.246 e. The van der Waals surface area contributed by atoms with Crippen molar-refractivity contribution in [1.29, 1.82) is 0 Å². The van der Waals surface area contributed by atoms with Crippen LogP contribution in [0.1, 0.15) is 24.8 Å². The lowest BCUT2D eigenvalue weighted by Crippen LogP contribution is -2.38. The molecule has 1 aromatic rings. The van der Waals surface area contributed by atoms with Crippen LogP contribution in [0.25, 0.3) is 6.08 Å². The predicted octanol–water partition coefficient (Wildman–Crippen LogP) is 2.09. The minimum absolute atomic E-state index is 0.0389. The van der Waals surface area contributed by atoms with Gasteiger partial charge < -0.3 is 10.6 Å². The molecule has 2 amide bonds. The molecule has 0 saturated carbocycles. The third-order valence-corrected chi connectivity index (χ3v) is 3.78. The predicted molar refractivity (Wildman–Crippen MR) is 78.5 cm³/mol. The van der Waals surface area contributed by atoms with Gasteiger partial charge in [-0.05, 0) is 43.0 Å². The zero-order valence-electron chi connectivity index (χ0n) is 12.1. The van der Waals surface area contributed by atoms with E-state index in [2.05, 4.69) is 0 Å². The number of benzene rings is 1. The number of nitrogens with two attached hydrogens (primary N) is 1. The lowest BCUT2D eigenvalue weighted by molar-refractivity contribution is -0.127. The molecule has 118 valence electrons. The van der Waals surface area contributed by atoms with E-state index in [1.165, 1.54) is 12.2 Å². The standard InChI is InChI=1S/C16H18F2N2O2/c17-13-2-3-14(18)12(10-13)1-4-16(22)20-7-5-11(6-8-20)9-15(19)21/h1-4,10-11H,5-9H2,(H2,19,21)/b4-1+. The van der Waals surface area contributed by atoms with Crippen LogP contribution in [0.4, 0.5) is 8.78 Å². The molecule has 1 saturated heterocycles. The second-order valence-electron chi connectivity index (χ2n) is 5.44. The monoisotopic (exact) mass is 308 g/mol. The van der Waals surface area contributed by atoms with Gasteiger partial charge in [0, 0.05) is 31.1 Å². The van der Waals surface area contributed by atoms with Gasteiger partial charge in [-0.1, -0.05) is 0 Å². The molecule has 2 N–H and O–H groups in total. The maximum atomic E-state index is 13.4. The summed E-state index contributed by atoms with van der Waals surface area (Å²) in [6, 6.07) is 3.09. The number of amides is 2. The Morgan fingerprint density at radius 1 is 1.27 bits per heavy atom. The van der Waals surface area contributed by atoms with E-state index >= 15 is 0 Å². The number of carbonyl (C=O) groups excluding carboxylic acids is 2. The highest BCUT2D eigenvalue weighted by Gasteiger charge is 2.22. The molecule has 1 fully saturated rings. The highest BCUT2D eigenvalue weighted by Crippen LogP contribution is 2.20. The second kappa shape index (κ2) is 7.15. The highest BCUT2D eigenvalue weighted by molar-refractivity contribution is 5.91. The fourth-order valence-electron chi connectivity index (χ4n) is 2.55. The van der Waals surface area contributed by atoms with Crippen LogP contribution >= 0.6 is 0 Å². The fraction of sp³-hybridized carbons (Fsp3) is 0.375. The van der Waals surface area contributed by atoms with E-state index in [0.717, 1.165) is 31.0 Å². The summed E-state index contributed by atoms with van der Waals surface area (Å²) in [6.45, 7) is 1.07. The number of nitrogens with zero attached hydrogens (tertiary/aromatic N) is 1. The van der Waals surface area contributed by atoms with E-state index < -0.39 is 11.6 Å². The minimum atomic E-state index is -0.578. The molecule has 1 aliphatic rings. The summed E-state index contributed by atoms with van der Waals surface area (Å²) in [5.74, 6) is -1.50. The molecule has 1 heterocycles. The van der Waals surface area contributed by atoms with E-state index in [0.29, 0.717) is 19.5 Å². The van der Waals surface area contributed by atoms with Crippen LogP contribution in [0, 0.1) is 17.6 Å². The minimum Gasteiger partial charge on any atom is -0.370 e. The van der Waals surface area contributed by atoms with Gasteiger partial charge in [-0.3, -0.25) is 9.59 Å². The first-order valence-corrected chi connectivity index (χ1v) is 7.16. The van der Waals surface area contributed by atoms with Crippen molar-refractivity contribution in [1.82, 2.24) is 4.90 Å². The second-order valence-corrected chi connectivity index (χ2v) is 5.44. The Labute approximate surface area is 127 Å². The van der Waals surface area contributed by atoms with Crippen molar-refractivity contribution in [2.75, 3.05) is 13.1 Å². The third-order valence-electron chi connectivity index (χ3n) is 3.78. The van der Waals surface area contributed by atoms with Gasteiger partial charge in [-0.2, -0.15) is 0 Å². The topological polar surface area (TPSA) is 63.4 Å². The molecule has 0 unspecified atom stereocenters.